The number of amides is 2. The molecule has 3 aromatic carbocycles. The van der Waals surface area contributed by atoms with E-state index in [4.69, 9.17) is 11.6 Å². The molecule has 0 radical (unpaired) electrons. The van der Waals surface area contributed by atoms with Crippen LogP contribution in [0.3, 0.4) is 0 Å². The van der Waals surface area contributed by atoms with Crippen molar-refractivity contribution in [2.24, 2.45) is 0 Å². The van der Waals surface area contributed by atoms with Gasteiger partial charge in [0.05, 0.1) is 17.2 Å². The number of benzene rings is 3. The minimum absolute atomic E-state index is 0.00698. The Morgan fingerprint density at radius 3 is 2.05 bits per heavy atom. The summed E-state index contributed by atoms with van der Waals surface area (Å²) in [5, 5.41) is 0.538. The van der Waals surface area contributed by atoms with Crippen LogP contribution in [-0.2, 0) is 23.6 Å². The van der Waals surface area contributed by atoms with Gasteiger partial charge in [-0.15, -0.1) is 0 Å². The molecule has 1 atom stereocenters. The molecule has 11 heteroatoms. The van der Waals surface area contributed by atoms with E-state index in [1.54, 1.807) is 30.3 Å². The van der Waals surface area contributed by atoms with Crippen LogP contribution < -0.4 is 0 Å². The monoisotopic (exact) mass is 608 g/mol. The highest BCUT2D eigenvalue weighted by molar-refractivity contribution is 6.30. The number of carbonyl (C=O) groups is 2. The smallest absolute Gasteiger partial charge is 0.335 e. The first-order valence-corrected chi connectivity index (χ1v) is 13.4. The summed E-state index contributed by atoms with van der Waals surface area (Å²) in [7, 11) is 0. The van der Waals surface area contributed by atoms with Gasteiger partial charge in [-0.25, -0.2) is 0 Å². The van der Waals surface area contributed by atoms with E-state index in [0.29, 0.717) is 17.2 Å². The maximum atomic E-state index is 13.6. The zero-order valence-corrected chi connectivity index (χ0v) is 23.4. The molecule has 222 valence electrons. The number of nitrogens with zero attached hydrogens (tertiary/aromatic N) is 2. The fraction of sp³-hybridized carbons (Fsp3) is 0.290. The maximum Gasteiger partial charge on any atom is 0.416 e. The topological polar surface area (TPSA) is 40.6 Å². The van der Waals surface area contributed by atoms with Crippen molar-refractivity contribution in [2.75, 3.05) is 19.6 Å². The van der Waals surface area contributed by atoms with E-state index in [2.05, 4.69) is 0 Å². The largest absolute Gasteiger partial charge is 0.416 e. The molecule has 1 heterocycles. The number of piperazine rings is 1. The Morgan fingerprint density at radius 1 is 0.857 bits per heavy atom. The van der Waals surface area contributed by atoms with Gasteiger partial charge in [0, 0.05) is 36.3 Å². The van der Waals surface area contributed by atoms with Crippen LogP contribution in [0, 0.1) is 13.8 Å². The molecule has 0 saturated carbocycles. The van der Waals surface area contributed by atoms with Crippen LogP contribution in [0.2, 0.25) is 5.02 Å². The van der Waals surface area contributed by atoms with Crippen molar-refractivity contribution in [3.63, 3.8) is 0 Å². The average Bonchev–Trinajstić information content (AvgIpc) is 2.93. The van der Waals surface area contributed by atoms with E-state index in [1.807, 2.05) is 32.0 Å². The molecular formula is C31H27ClF6N2O2. The number of halogens is 7. The number of hydrogen-bond donors (Lipinski definition) is 0. The quantitative estimate of drug-likeness (QED) is 0.221. The van der Waals surface area contributed by atoms with E-state index in [1.165, 1.54) is 15.9 Å². The fourth-order valence-corrected chi connectivity index (χ4v) is 4.92. The Labute approximate surface area is 244 Å². The lowest BCUT2D eigenvalue weighted by atomic mass is 9.97. The van der Waals surface area contributed by atoms with Crippen molar-refractivity contribution in [3.8, 4) is 0 Å². The molecule has 0 N–H and O–H groups in total. The zero-order valence-electron chi connectivity index (χ0n) is 22.7. The first-order valence-electron chi connectivity index (χ1n) is 13.0. The summed E-state index contributed by atoms with van der Waals surface area (Å²) >= 11 is 5.90. The molecule has 0 unspecified atom stereocenters. The van der Waals surface area contributed by atoms with Crippen LogP contribution in [0.25, 0.3) is 6.08 Å². The Kier molecular flexibility index (Phi) is 9.06. The predicted molar refractivity (Wildman–Crippen MR) is 148 cm³/mol. The van der Waals surface area contributed by atoms with Gasteiger partial charge in [-0.3, -0.25) is 9.59 Å². The average molecular weight is 609 g/mol. The molecular weight excluding hydrogens is 582 g/mol. The molecule has 1 aliphatic rings. The minimum atomic E-state index is -5.09. The highest BCUT2D eigenvalue weighted by Gasteiger charge is 2.39. The van der Waals surface area contributed by atoms with E-state index >= 15 is 0 Å². The van der Waals surface area contributed by atoms with Gasteiger partial charge in [-0.05, 0) is 78.9 Å². The maximum absolute atomic E-state index is 13.6. The van der Waals surface area contributed by atoms with Crippen LogP contribution in [0.1, 0.15) is 43.7 Å². The Balaban J connectivity index is 1.65. The summed E-state index contributed by atoms with van der Waals surface area (Å²) in [6.07, 6.45) is -6.96. The van der Waals surface area contributed by atoms with Crippen LogP contribution >= 0.6 is 11.6 Å². The Hall–Kier alpha value is -3.79. The number of aryl methyl sites for hydroxylation is 2. The lowest BCUT2D eigenvalue weighted by Gasteiger charge is -2.41. The summed E-state index contributed by atoms with van der Waals surface area (Å²) in [6, 6.07) is 12.6. The van der Waals surface area contributed by atoms with Gasteiger partial charge in [0.15, 0.2) is 0 Å². The highest BCUT2D eigenvalue weighted by atomic mass is 35.5. The first-order chi connectivity index (χ1) is 19.6. The van der Waals surface area contributed by atoms with Crippen LogP contribution in [0.5, 0.6) is 0 Å². The number of alkyl halides is 6. The van der Waals surface area contributed by atoms with Gasteiger partial charge in [0.25, 0.3) is 5.91 Å². The van der Waals surface area contributed by atoms with Crippen molar-refractivity contribution in [1.29, 1.82) is 0 Å². The third kappa shape index (κ3) is 7.53. The molecule has 1 fully saturated rings. The highest BCUT2D eigenvalue weighted by Crippen LogP contribution is 2.37. The predicted octanol–water partition coefficient (Wildman–Crippen LogP) is 7.60. The Morgan fingerprint density at radius 2 is 1.48 bits per heavy atom. The second kappa shape index (κ2) is 12.2. The van der Waals surface area contributed by atoms with Crippen molar-refractivity contribution in [2.45, 2.75) is 38.7 Å². The van der Waals surface area contributed by atoms with E-state index < -0.39 is 41.0 Å². The van der Waals surface area contributed by atoms with E-state index in [0.717, 1.165) is 22.3 Å². The first kappa shape index (κ1) is 31.2. The molecule has 42 heavy (non-hydrogen) atoms. The van der Waals surface area contributed by atoms with Crippen LogP contribution in [0.4, 0.5) is 26.3 Å². The lowest BCUT2D eigenvalue weighted by Crippen LogP contribution is -2.57. The van der Waals surface area contributed by atoms with Crippen LogP contribution in [0.15, 0.2) is 66.7 Å². The van der Waals surface area contributed by atoms with Gasteiger partial charge in [0.1, 0.15) is 0 Å². The SMILES string of the molecule is Cc1ccc(C[C@@H]2CN(C(=O)/C=C/c3ccc(Cl)cc3)CCN2C(=O)c2cc(C(F)(F)F)cc(C(F)(F)F)c2)cc1C. The summed E-state index contributed by atoms with van der Waals surface area (Å²) in [5.41, 5.74) is -0.286. The number of hydrogen-bond acceptors (Lipinski definition) is 2. The standard InChI is InChI=1S/C31H27ClF6N2O2/c1-19-3-4-22(13-20(19)2)14-27-18-39(28(41)10-7-21-5-8-26(32)9-6-21)11-12-40(27)29(42)23-15-24(30(33,34)35)17-25(16-23)31(36,37)38/h3-10,13,15-17,27H,11-12,14,18H2,1-2H3/b10-7+/t27-/m1/s1. The van der Waals surface area contributed by atoms with Gasteiger partial charge in [-0.1, -0.05) is 41.9 Å². The molecule has 2 amide bonds. The van der Waals surface area contributed by atoms with Crippen molar-refractivity contribution in [1.82, 2.24) is 9.80 Å². The van der Waals surface area contributed by atoms with Gasteiger partial charge >= 0.3 is 12.4 Å². The molecule has 4 nitrogen and oxygen atoms in total. The molecule has 0 bridgehead atoms. The molecule has 0 aliphatic carbocycles. The molecule has 0 aromatic heterocycles. The van der Waals surface area contributed by atoms with Gasteiger partial charge < -0.3 is 9.80 Å². The third-order valence-electron chi connectivity index (χ3n) is 7.22. The summed E-state index contributed by atoms with van der Waals surface area (Å²) < 4.78 is 80.9. The summed E-state index contributed by atoms with van der Waals surface area (Å²) in [4.78, 5) is 29.4. The summed E-state index contributed by atoms with van der Waals surface area (Å²) in [6.45, 7) is 3.83. The van der Waals surface area contributed by atoms with Crippen molar-refractivity contribution < 1.29 is 35.9 Å². The molecule has 0 spiro atoms. The number of carbonyl (C=O) groups excluding carboxylic acids is 2. The molecule has 3 aromatic rings. The molecule has 1 aliphatic heterocycles. The minimum Gasteiger partial charge on any atom is -0.335 e. The molecule has 4 rings (SSSR count). The Bertz CT molecular complexity index is 1470. The number of rotatable bonds is 5. The fourth-order valence-electron chi connectivity index (χ4n) is 4.79. The molecule has 1 saturated heterocycles. The lowest BCUT2D eigenvalue weighted by molar-refractivity contribution is -0.143. The van der Waals surface area contributed by atoms with E-state index in [9.17, 15) is 35.9 Å². The second-order valence-corrected chi connectivity index (χ2v) is 10.7. The van der Waals surface area contributed by atoms with Crippen molar-refractivity contribution >= 4 is 29.5 Å². The van der Waals surface area contributed by atoms with Crippen LogP contribution in [-0.4, -0.2) is 47.3 Å². The van der Waals surface area contributed by atoms with Crippen molar-refractivity contribution in [3.05, 3.63) is 111 Å². The zero-order chi connectivity index (χ0) is 30.8. The van der Waals surface area contributed by atoms with Gasteiger partial charge in [0.2, 0.25) is 5.91 Å². The summed E-state index contributed by atoms with van der Waals surface area (Å²) in [5.74, 6) is -1.31. The second-order valence-electron chi connectivity index (χ2n) is 10.2. The van der Waals surface area contributed by atoms with Gasteiger partial charge in [-0.2, -0.15) is 26.3 Å². The third-order valence-corrected chi connectivity index (χ3v) is 7.47. The van der Waals surface area contributed by atoms with E-state index in [-0.39, 0.29) is 38.0 Å². The normalized spacial score (nSPS) is 16.3.